The number of para-hydroxylation sites is 1. The van der Waals surface area contributed by atoms with Gasteiger partial charge in [0.1, 0.15) is 17.3 Å². The van der Waals surface area contributed by atoms with E-state index in [2.05, 4.69) is 250 Å². The molecule has 2 aromatic heterocycles. The lowest BCUT2D eigenvalue weighted by molar-refractivity contribution is 0.444. The van der Waals surface area contributed by atoms with Crippen LogP contribution in [0.25, 0.3) is 49.9 Å². The van der Waals surface area contributed by atoms with Crippen LogP contribution in [0.5, 0.6) is 11.5 Å². The van der Waals surface area contributed by atoms with Crippen molar-refractivity contribution < 1.29 is 4.74 Å². The number of ether oxygens (including phenoxy) is 1. The van der Waals surface area contributed by atoms with E-state index >= 15 is 0 Å². The van der Waals surface area contributed by atoms with Crippen molar-refractivity contribution in [1.29, 1.82) is 0 Å². The highest BCUT2D eigenvalue weighted by Crippen LogP contribution is 2.49. The fraction of sp³-hybridized carbons (Fsp3) is 0.306. The van der Waals surface area contributed by atoms with Crippen LogP contribution >= 0.6 is 0 Å². The number of hydrogen-bond acceptors (Lipinski definition) is 4. The summed E-state index contributed by atoms with van der Waals surface area (Å²) in [6, 6.07) is 53.1. The first-order valence-corrected chi connectivity index (χ1v) is 24.2. The lowest BCUT2D eigenvalue weighted by Gasteiger charge is -2.34. The van der Waals surface area contributed by atoms with Crippen LogP contribution in [0.3, 0.4) is 0 Å². The molecule has 0 bridgehead atoms. The Labute approximate surface area is 399 Å². The highest BCUT2D eigenvalue weighted by molar-refractivity contribution is 6.09. The molecule has 8 aromatic rings. The summed E-state index contributed by atoms with van der Waals surface area (Å²) in [4.78, 5) is 10.0. The summed E-state index contributed by atoms with van der Waals surface area (Å²) < 4.78 is 9.34. The van der Waals surface area contributed by atoms with Crippen molar-refractivity contribution in [3.05, 3.63) is 180 Å². The van der Waals surface area contributed by atoms with E-state index in [1.54, 1.807) is 0 Å². The van der Waals surface area contributed by atoms with E-state index < -0.39 is 0 Å². The molecule has 0 spiro atoms. The fourth-order valence-electron chi connectivity index (χ4n) is 10.2. The van der Waals surface area contributed by atoms with E-state index in [1.807, 2.05) is 6.20 Å². The Hall–Kier alpha value is -6.59. The fourth-order valence-corrected chi connectivity index (χ4v) is 10.2. The van der Waals surface area contributed by atoms with Gasteiger partial charge >= 0.3 is 0 Å². The van der Waals surface area contributed by atoms with Gasteiger partial charge in [0.25, 0.3) is 0 Å². The molecule has 5 nitrogen and oxygen atoms in total. The predicted octanol–water partition coefficient (Wildman–Crippen LogP) is 17.4. The number of nitrogens with zero attached hydrogens (tertiary/aromatic N) is 4. The molecule has 1 aliphatic rings. The van der Waals surface area contributed by atoms with E-state index in [0.717, 1.165) is 50.6 Å². The standard InChI is InChI=1S/C62H68N4O/c1-40(2)50-23-19-24-51(41(3)4)57(50)43-26-28-46(29-27-43)64-39-65(59(62(11,12)13)58(64)61(8,9)10)47-34-44(42-20-15-14-16-21-42)35-49(37-47)67-48-30-31-53-52-22-17-18-25-54(52)66(55(53)38-48)56-36-45(32-33-63-56)60(5,6)7/h14-38,40-41H,39H2,1-13H3. The van der Waals surface area contributed by atoms with Crippen LogP contribution in [0.4, 0.5) is 11.4 Å². The summed E-state index contributed by atoms with van der Waals surface area (Å²) in [7, 11) is 0. The zero-order valence-corrected chi connectivity index (χ0v) is 42.0. The second-order valence-electron chi connectivity index (χ2n) is 22.2. The molecule has 0 saturated carbocycles. The molecule has 67 heavy (non-hydrogen) atoms. The van der Waals surface area contributed by atoms with Crippen LogP contribution in [0.15, 0.2) is 163 Å². The van der Waals surface area contributed by atoms with Crippen LogP contribution in [0, 0.1) is 10.8 Å². The first-order valence-electron chi connectivity index (χ1n) is 24.2. The maximum absolute atomic E-state index is 7.06. The molecule has 6 aromatic carbocycles. The van der Waals surface area contributed by atoms with Gasteiger partial charge in [-0.05, 0) is 111 Å². The quantitative estimate of drug-likeness (QED) is 0.145. The second-order valence-corrected chi connectivity index (χ2v) is 22.2. The number of aromatic nitrogens is 2. The van der Waals surface area contributed by atoms with Gasteiger partial charge in [-0.15, -0.1) is 0 Å². The highest BCUT2D eigenvalue weighted by atomic mass is 16.5. The zero-order chi connectivity index (χ0) is 47.6. The summed E-state index contributed by atoms with van der Waals surface area (Å²) >= 11 is 0. The number of benzene rings is 6. The Kier molecular flexibility index (Phi) is 11.7. The Balaban J connectivity index is 1.16. The van der Waals surface area contributed by atoms with Crippen molar-refractivity contribution in [3.8, 4) is 39.6 Å². The molecule has 9 rings (SSSR count). The Morgan fingerprint density at radius 1 is 0.478 bits per heavy atom. The van der Waals surface area contributed by atoms with Gasteiger partial charge in [-0.25, -0.2) is 4.98 Å². The Morgan fingerprint density at radius 2 is 1.09 bits per heavy atom. The topological polar surface area (TPSA) is 33.5 Å². The molecule has 0 N–H and O–H groups in total. The number of rotatable bonds is 9. The van der Waals surface area contributed by atoms with Crippen molar-refractivity contribution in [3.63, 3.8) is 0 Å². The van der Waals surface area contributed by atoms with E-state index in [4.69, 9.17) is 9.72 Å². The molecule has 0 fully saturated rings. The van der Waals surface area contributed by atoms with E-state index in [-0.39, 0.29) is 16.2 Å². The lowest BCUT2D eigenvalue weighted by Crippen LogP contribution is -2.31. The Bertz CT molecular complexity index is 3100. The van der Waals surface area contributed by atoms with Crippen LogP contribution in [-0.4, -0.2) is 16.2 Å². The van der Waals surface area contributed by atoms with Crippen LogP contribution in [-0.2, 0) is 5.41 Å². The summed E-state index contributed by atoms with van der Waals surface area (Å²) in [5, 5.41) is 2.35. The van der Waals surface area contributed by atoms with Gasteiger partial charge in [0.15, 0.2) is 0 Å². The third-order valence-electron chi connectivity index (χ3n) is 13.3. The van der Waals surface area contributed by atoms with Gasteiger partial charge < -0.3 is 14.5 Å². The third kappa shape index (κ3) is 8.77. The van der Waals surface area contributed by atoms with Gasteiger partial charge in [-0.3, -0.25) is 4.57 Å². The van der Waals surface area contributed by atoms with Crippen molar-refractivity contribution in [2.75, 3.05) is 16.5 Å². The summed E-state index contributed by atoms with van der Waals surface area (Å²) in [5.74, 6) is 3.30. The number of anilines is 2. The van der Waals surface area contributed by atoms with Crippen LogP contribution in [0.2, 0.25) is 0 Å². The molecule has 0 unspecified atom stereocenters. The first-order chi connectivity index (χ1) is 31.8. The summed E-state index contributed by atoms with van der Waals surface area (Å²) in [5.41, 5.74) is 15.7. The molecule has 1 aliphatic heterocycles. The van der Waals surface area contributed by atoms with E-state index in [9.17, 15) is 0 Å². The van der Waals surface area contributed by atoms with E-state index in [0.29, 0.717) is 18.5 Å². The molecule has 0 aliphatic carbocycles. The molecule has 342 valence electrons. The number of fused-ring (bicyclic) bond motifs is 3. The number of pyridine rings is 1. The molecule has 0 radical (unpaired) electrons. The minimum atomic E-state index is -0.180. The highest BCUT2D eigenvalue weighted by Gasteiger charge is 2.42. The van der Waals surface area contributed by atoms with Crippen molar-refractivity contribution >= 4 is 33.2 Å². The zero-order valence-electron chi connectivity index (χ0n) is 42.0. The molecular formula is C62H68N4O. The molecule has 0 saturated heterocycles. The maximum atomic E-state index is 7.06. The van der Waals surface area contributed by atoms with Crippen molar-refractivity contribution in [2.24, 2.45) is 10.8 Å². The normalized spacial score (nSPS) is 13.8. The number of hydrogen-bond donors (Lipinski definition) is 0. The van der Waals surface area contributed by atoms with Gasteiger partial charge in [0.05, 0.1) is 17.7 Å². The third-order valence-corrected chi connectivity index (χ3v) is 13.3. The maximum Gasteiger partial charge on any atom is 0.137 e. The van der Waals surface area contributed by atoms with Gasteiger partial charge in [-0.1, -0.05) is 169 Å². The van der Waals surface area contributed by atoms with Crippen LogP contribution in [0.1, 0.15) is 119 Å². The summed E-state index contributed by atoms with van der Waals surface area (Å²) in [6.45, 7) is 30.7. The monoisotopic (exact) mass is 885 g/mol. The largest absolute Gasteiger partial charge is 0.457 e. The molecule has 5 heteroatoms. The smallest absolute Gasteiger partial charge is 0.137 e. The molecule has 0 atom stereocenters. The first kappa shape index (κ1) is 45.6. The minimum absolute atomic E-state index is 0.0171. The molecular weight excluding hydrogens is 817 g/mol. The number of allylic oxidation sites excluding steroid dienone is 2. The van der Waals surface area contributed by atoms with Crippen LogP contribution < -0.4 is 14.5 Å². The predicted molar refractivity (Wildman–Crippen MR) is 285 cm³/mol. The van der Waals surface area contributed by atoms with Gasteiger partial charge in [0, 0.05) is 62.7 Å². The minimum Gasteiger partial charge on any atom is -0.457 e. The van der Waals surface area contributed by atoms with Crippen molar-refractivity contribution in [1.82, 2.24) is 9.55 Å². The molecule has 3 heterocycles. The average molecular weight is 885 g/mol. The van der Waals surface area contributed by atoms with Gasteiger partial charge in [0.2, 0.25) is 0 Å². The second kappa shape index (κ2) is 17.2. The summed E-state index contributed by atoms with van der Waals surface area (Å²) in [6.07, 6.45) is 1.93. The Morgan fingerprint density at radius 3 is 1.72 bits per heavy atom. The lowest BCUT2D eigenvalue weighted by atomic mass is 9.81. The van der Waals surface area contributed by atoms with Crippen molar-refractivity contribution in [2.45, 2.75) is 107 Å². The van der Waals surface area contributed by atoms with E-state index in [1.165, 1.54) is 50.3 Å². The SMILES string of the molecule is CC(C)c1cccc(C(C)C)c1-c1ccc(N2CN(c3cc(Oc4ccc5c6ccccc6n(-c6cc(C(C)(C)C)ccn6)c5c4)cc(-c4ccccc4)c3)C(C(C)(C)C)=C2C(C)(C)C)cc1. The average Bonchev–Trinajstić information content (AvgIpc) is 3.87. The molecule has 0 amide bonds. The van der Waals surface area contributed by atoms with Gasteiger partial charge in [-0.2, -0.15) is 0 Å².